The minimum atomic E-state index is -4.42. The summed E-state index contributed by atoms with van der Waals surface area (Å²) < 4.78 is 44.8. The van der Waals surface area contributed by atoms with Crippen LogP contribution in [0.5, 0.6) is 0 Å². The van der Waals surface area contributed by atoms with Gasteiger partial charge >= 0.3 is 6.18 Å². The number of rotatable bonds is 3. The summed E-state index contributed by atoms with van der Waals surface area (Å²) in [6, 6.07) is 5.79. The summed E-state index contributed by atoms with van der Waals surface area (Å²) in [6.07, 6.45) is -2.75. The van der Waals surface area contributed by atoms with E-state index in [-0.39, 0.29) is 23.9 Å². The van der Waals surface area contributed by atoms with E-state index in [2.05, 4.69) is 5.32 Å². The van der Waals surface area contributed by atoms with Crippen LogP contribution < -0.4 is 5.32 Å². The molecule has 3 atom stereocenters. The van der Waals surface area contributed by atoms with Crippen LogP contribution in [-0.4, -0.2) is 43.7 Å². The Hall–Kier alpha value is -1.60. The predicted octanol–water partition coefficient (Wildman–Crippen LogP) is 2.68. The molecule has 3 unspecified atom stereocenters. The van der Waals surface area contributed by atoms with Crippen molar-refractivity contribution in [2.75, 3.05) is 26.8 Å². The van der Waals surface area contributed by atoms with Gasteiger partial charge in [0.15, 0.2) is 0 Å². The number of amides is 1. The van der Waals surface area contributed by atoms with Crippen molar-refractivity contribution in [2.24, 2.45) is 11.8 Å². The fraction of sp³-hybridized carbons (Fsp3) is 0.611. The van der Waals surface area contributed by atoms with Crippen LogP contribution in [-0.2, 0) is 22.3 Å². The van der Waals surface area contributed by atoms with Crippen LogP contribution in [0.4, 0.5) is 13.2 Å². The van der Waals surface area contributed by atoms with Crippen LogP contribution in [0.3, 0.4) is 0 Å². The molecular weight excluding hydrogens is 333 g/mol. The lowest BCUT2D eigenvalue weighted by molar-refractivity contribution is -0.141. The van der Waals surface area contributed by atoms with Gasteiger partial charge in [-0.05, 0) is 30.4 Å². The van der Waals surface area contributed by atoms with E-state index in [1.807, 2.05) is 0 Å². The summed E-state index contributed by atoms with van der Waals surface area (Å²) in [7, 11) is 1.57. The number of fused-ring (bicyclic) bond motifs is 1. The summed E-state index contributed by atoms with van der Waals surface area (Å²) >= 11 is 0. The average molecular weight is 356 g/mol. The SMILES string of the molecule is CN(Cc1ccccc1C(F)(F)F)C(=O)C1CNC2CCOCC2C1. The van der Waals surface area contributed by atoms with Gasteiger partial charge in [-0.3, -0.25) is 4.79 Å². The zero-order chi connectivity index (χ0) is 18.0. The van der Waals surface area contributed by atoms with Crippen molar-refractivity contribution < 1.29 is 22.7 Å². The normalized spacial score (nSPS) is 26.8. The van der Waals surface area contributed by atoms with Gasteiger partial charge in [0, 0.05) is 32.8 Å². The third-order valence-electron chi connectivity index (χ3n) is 5.14. The Morgan fingerprint density at radius 1 is 1.36 bits per heavy atom. The lowest BCUT2D eigenvalue weighted by Gasteiger charge is -2.40. The summed E-state index contributed by atoms with van der Waals surface area (Å²) in [6.45, 7) is 1.91. The van der Waals surface area contributed by atoms with Crippen molar-refractivity contribution in [2.45, 2.75) is 31.6 Å². The molecule has 0 saturated carbocycles. The molecule has 1 N–H and O–H groups in total. The zero-order valence-corrected chi connectivity index (χ0v) is 14.2. The highest BCUT2D eigenvalue weighted by Crippen LogP contribution is 2.33. The summed E-state index contributed by atoms with van der Waals surface area (Å²) in [5.74, 6) is -0.0354. The second-order valence-electron chi connectivity index (χ2n) is 6.92. The molecule has 0 bridgehead atoms. The summed E-state index contributed by atoms with van der Waals surface area (Å²) in [4.78, 5) is 14.1. The number of carbonyl (C=O) groups excluding carboxylic acids is 1. The molecule has 0 spiro atoms. The van der Waals surface area contributed by atoms with Crippen molar-refractivity contribution in [3.05, 3.63) is 35.4 Å². The summed E-state index contributed by atoms with van der Waals surface area (Å²) in [5.41, 5.74) is -0.564. The molecule has 2 saturated heterocycles. The van der Waals surface area contributed by atoms with Crippen molar-refractivity contribution in [1.82, 2.24) is 10.2 Å². The molecule has 1 aromatic carbocycles. The van der Waals surface area contributed by atoms with Crippen LogP contribution in [0.25, 0.3) is 0 Å². The van der Waals surface area contributed by atoms with Crippen molar-refractivity contribution in [3.63, 3.8) is 0 Å². The van der Waals surface area contributed by atoms with E-state index in [0.29, 0.717) is 25.1 Å². The van der Waals surface area contributed by atoms with Gasteiger partial charge in [0.2, 0.25) is 5.91 Å². The number of hydrogen-bond acceptors (Lipinski definition) is 3. The predicted molar refractivity (Wildman–Crippen MR) is 86.7 cm³/mol. The molecule has 2 fully saturated rings. The standard InChI is InChI=1S/C18H23F3N2O2/c1-23(10-12-4-2-3-5-15(12)18(19,20)21)17(24)13-8-14-11-25-7-6-16(14)22-9-13/h2-5,13-14,16,22H,6-11H2,1H3. The molecule has 2 aliphatic heterocycles. The molecule has 2 heterocycles. The number of ether oxygens (including phenoxy) is 1. The molecule has 1 aromatic rings. The van der Waals surface area contributed by atoms with E-state index in [1.165, 1.54) is 17.0 Å². The van der Waals surface area contributed by atoms with Gasteiger partial charge in [-0.2, -0.15) is 13.2 Å². The molecule has 2 aliphatic rings. The number of alkyl halides is 3. The Morgan fingerprint density at radius 3 is 2.88 bits per heavy atom. The maximum atomic E-state index is 13.1. The monoisotopic (exact) mass is 356 g/mol. The first kappa shape index (κ1) is 18.2. The van der Waals surface area contributed by atoms with Crippen LogP contribution in [0.1, 0.15) is 24.0 Å². The van der Waals surface area contributed by atoms with E-state index in [9.17, 15) is 18.0 Å². The lowest BCUT2D eigenvalue weighted by Crippen LogP contribution is -2.53. The molecule has 3 rings (SSSR count). The average Bonchev–Trinajstić information content (AvgIpc) is 2.60. The topological polar surface area (TPSA) is 41.6 Å². The number of piperidine rings is 1. The number of carbonyl (C=O) groups is 1. The van der Waals surface area contributed by atoms with Gasteiger partial charge < -0.3 is 15.0 Å². The van der Waals surface area contributed by atoms with Crippen LogP contribution in [0, 0.1) is 11.8 Å². The number of nitrogens with zero attached hydrogens (tertiary/aromatic N) is 1. The van der Waals surface area contributed by atoms with Crippen LogP contribution in [0.2, 0.25) is 0 Å². The van der Waals surface area contributed by atoms with Gasteiger partial charge in [-0.1, -0.05) is 18.2 Å². The number of hydrogen-bond donors (Lipinski definition) is 1. The fourth-order valence-electron chi connectivity index (χ4n) is 3.81. The first-order chi connectivity index (χ1) is 11.9. The molecule has 4 nitrogen and oxygen atoms in total. The largest absolute Gasteiger partial charge is 0.416 e. The Bertz CT molecular complexity index is 621. The minimum Gasteiger partial charge on any atom is -0.381 e. The first-order valence-electron chi connectivity index (χ1n) is 8.57. The quantitative estimate of drug-likeness (QED) is 0.905. The van der Waals surface area contributed by atoms with Gasteiger partial charge in [-0.25, -0.2) is 0 Å². The number of nitrogens with one attached hydrogen (secondary N) is 1. The van der Waals surface area contributed by atoms with Gasteiger partial charge in [0.05, 0.1) is 18.1 Å². The zero-order valence-electron chi connectivity index (χ0n) is 14.2. The Balaban J connectivity index is 1.65. The molecule has 0 radical (unpaired) electrons. The van der Waals surface area contributed by atoms with Gasteiger partial charge in [-0.15, -0.1) is 0 Å². The van der Waals surface area contributed by atoms with Crippen LogP contribution in [0.15, 0.2) is 24.3 Å². The number of halogens is 3. The highest BCUT2D eigenvalue weighted by molar-refractivity contribution is 5.79. The highest BCUT2D eigenvalue weighted by atomic mass is 19.4. The molecular formula is C18H23F3N2O2. The van der Waals surface area contributed by atoms with Crippen molar-refractivity contribution in [3.8, 4) is 0 Å². The summed E-state index contributed by atoms with van der Waals surface area (Å²) in [5, 5.41) is 3.40. The van der Waals surface area contributed by atoms with Crippen LogP contribution >= 0.6 is 0 Å². The highest BCUT2D eigenvalue weighted by Gasteiger charge is 2.37. The second kappa shape index (κ2) is 7.33. The maximum absolute atomic E-state index is 13.1. The molecule has 25 heavy (non-hydrogen) atoms. The Kier molecular flexibility index (Phi) is 5.34. The van der Waals surface area contributed by atoms with E-state index in [1.54, 1.807) is 13.1 Å². The lowest BCUT2D eigenvalue weighted by atomic mass is 9.82. The smallest absolute Gasteiger partial charge is 0.381 e. The third-order valence-corrected chi connectivity index (χ3v) is 5.14. The maximum Gasteiger partial charge on any atom is 0.416 e. The Labute approximate surface area is 145 Å². The van der Waals surface area contributed by atoms with E-state index in [4.69, 9.17) is 4.74 Å². The first-order valence-corrected chi connectivity index (χ1v) is 8.57. The van der Waals surface area contributed by atoms with Gasteiger partial charge in [0.1, 0.15) is 0 Å². The molecule has 7 heteroatoms. The van der Waals surface area contributed by atoms with E-state index >= 15 is 0 Å². The van der Waals surface area contributed by atoms with Crippen molar-refractivity contribution >= 4 is 5.91 Å². The molecule has 0 aromatic heterocycles. The molecule has 1 amide bonds. The van der Waals surface area contributed by atoms with E-state index < -0.39 is 11.7 Å². The minimum absolute atomic E-state index is 0.0460. The molecule has 138 valence electrons. The van der Waals surface area contributed by atoms with Crippen molar-refractivity contribution in [1.29, 1.82) is 0 Å². The molecule has 0 aliphatic carbocycles. The van der Waals surface area contributed by atoms with E-state index in [0.717, 1.165) is 25.5 Å². The third kappa shape index (κ3) is 4.15. The second-order valence-corrected chi connectivity index (χ2v) is 6.92. The Morgan fingerprint density at radius 2 is 2.12 bits per heavy atom. The fourth-order valence-corrected chi connectivity index (χ4v) is 3.81. The number of benzene rings is 1. The van der Waals surface area contributed by atoms with Gasteiger partial charge in [0.25, 0.3) is 0 Å².